The molecule has 0 radical (unpaired) electrons. The normalized spacial score (nSPS) is 10.4. The van der Waals surface area contributed by atoms with Crippen LogP contribution < -0.4 is 20.5 Å². The van der Waals surface area contributed by atoms with Crippen molar-refractivity contribution in [2.45, 2.75) is 13.0 Å². The summed E-state index contributed by atoms with van der Waals surface area (Å²) in [6.07, 6.45) is 0.376. The van der Waals surface area contributed by atoms with Gasteiger partial charge in [0.1, 0.15) is 24.0 Å². The van der Waals surface area contributed by atoms with Crippen LogP contribution in [0.25, 0.3) is 11.3 Å². The average Bonchev–Trinajstić information content (AvgIpc) is 3.24. The zero-order valence-corrected chi connectivity index (χ0v) is 19.5. The monoisotopic (exact) mass is 507 g/mol. The molecule has 0 amide bonds. The van der Waals surface area contributed by atoms with Crippen molar-refractivity contribution in [1.82, 2.24) is 20.1 Å². The number of halogens is 3. The molecule has 4 rings (SSSR count). The van der Waals surface area contributed by atoms with Crippen LogP contribution in [0.5, 0.6) is 11.8 Å². The fourth-order valence-electron chi connectivity index (χ4n) is 3.06. The van der Waals surface area contributed by atoms with Gasteiger partial charge in [0.15, 0.2) is 5.82 Å². The standard InChI is InChI=1S/C22H19ClFN5O4.ClH/c1-31-21-26-18(11-19(27-21)25-9-8-15-16(23)6-3-7-17(15)24)13-4-2-5-14(10-13)32-12-20-28-22(30)33-29-20;/h2-7,10-11H,8-9,12H2,1H3,(H,25,26,27)(H,28,29,30);1H. The van der Waals surface area contributed by atoms with Gasteiger partial charge in [-0.3, -0.25) is 9.51 Å². The minimum atomic E-state index is -0.646. The second-order valence-electron chi connectivity index (χ2n) is 6.86. The summed E-state index contributed by atoms with van der Waals surface area (Å²) in [5.74, 6) is 0.327. The predicted molar refractivity (Wildman–Crippen MR) is 126 cm³/mol. The molecule has 9 nitrogen and oxygen atoms in total. The molecule has 0 unspecified atom stereocenters. The molecule has 0 saturated carbocycles. The number of nitrogens with one attached hydrogen (secondary N) is 2. The Balaban J connectivity index is 0.00000324. The minimum Gasteiger partial charge on any atom is -0.486 e. The minimum absolute atomic E-state index is 0. The van der Waals surface area contributed by atoms with Gasteiger partial charge in [0.05, 0.1) is 12.8 Å². The molecular weight excluding hydrogens is 488 g/mol. The Hall–Kier alpha value is -3.63. The highest BCUT2D eigenvalue weighted by molar-refractivity contribution is 6.31. The molecule has 0 aliphatic rings. The maximum Gasteiger partial charge on any atom is 0.439 e. The summed E-state index contributed by atoms with van der Waals surface area (Å²) in [5.41, 5.74) is 1.78. The van der Waals surface area contributed by atoms with Gasteiger partial charge >= 0.3 is 11.8 Å². The molecule has 12 heteroatoms. The zero-order valence-electron chi connectivity index (χ0n) is 17.9. The fourth-order valence-corrected chi connectivity index (χ4v) is 3.32. The van der Waals surface area contributed by atoms with E-state index in [1.807, 2.05) is 6.07 Å². The van der Waals surface area contributed by atoms with Gasteiger partial charge in [0, 0.05) is 28.8 Å². The fraction of sp³-hybridized carbons (Fsp3) is 0.182. The van der Waals surface area contributed by atoms with Crippen LogP contribution in [-0.2, 0) is 13.0 Å². The van der Waals surface area contributed by atoms with Crippen LogP contribution in [0.2, 0.25) is 5.02 Å². The van der Waals surface area contributed by atoms with Crippen molar-refractivity contribution in [1.29, 1.82) is 0 Å². The molecule has 0 atom stereocenters. The van der Waals surface area contributed by atoms with Gasteiger partial charge in [-0.25, -0.2) is 9.18 Å². The summed E-state index contributed by atoms with van der Waals surface area (Å²) in [6.45, 7) is 0.438. The van der Waals surface area contributed by atoms with E-state index in [9.17, 15) is 9.18 Å². The van der Waals surface area contributed by atoms with E-state index in [0.29, 0.717) is 40.8 Å². The summed E-state index contributed by atoms with van der Waals surface area (Å²) in [5, 5.41) is 7.10. The van der Waals surface area contributed by atoms with Crippen LogP contribution in [0.15, 0.2) is 57.8 Å². The van der Waals surface area contributed by atoms with Crippen molar-refractivity contribution in [2.24, 2.45) is 0 Å². The lowest BCUT2D eigenvalue weighted by Crippen LogP contribution is -2.09. The van der Waals surface area contributed by atoms with E-state index >= 15 is 0 Å². The Morgan fingerprint density at radius 1 is 1.18 bits per heavy atom. The lowest BCUT2D eigenvalue weighted by molar-refractivity contribution is 0.285. The Morgan fingerprint density at radius 3 is 2.74 bits per heavy atom. The number of nitrogens with zero attached hydrogens (tertiary/aromatic N) is 3. The number of hydrogen-bond acceptors (Lipinski definition) is 8. The quantitative estimate of drug-likeness (QED) is 0.345. The molecule has 0 saturated heterocycles. The van der Waals surface area contributed by atoms with Crippen LogP contribution in [0.3, 0.4) is 0 Å². The Kier molecular flexibility index (Phi) is 8.44. The van der Waals surface area contributed by atoms with Crippen molar-refractivity contribution < 1.29 is 18.4 Å². The van der Waals surface area contributed by atoms with E-state index < -0.39 is 5.76 Å². The second kappa shape index (κ2) is 11.5. The van der Waals surface area contributed by atoms with Crippen LogP contribution in [0, 0.1) is 5.82 Å². The first-order chi connectivity index (χ1) is 16.0. The molecule has 0 aliphatic carbocycles. The Morgan fingerprint density at radius 2 is 2.00 bits per heavy atom. The van der Waals surface area contributed by atoms with Gasteiger partial charge in [0.2, 0.25) is 0 Å². The van der Waals surface area contributed by atoms with E-state index in [0.717, 1.165) is 5.56 Å². The van der Waals surface area contributed by atoms with E-state index in [-0.39, 0.29) is 36.7 Å². The van der Waals surface area contributed by atoms with Crippen LogP contribution in [-0.4, -0.2) is 33.8 Å². The van der Waals surface area contributed by atoms with Crippen LogP contribution in [0.4, 0.5) is 10.2 Å². The summed E-state index contributed by atoms with van der Waals surface area (Å²) in [7, 11) is 1.47. The molecule has 0 bridgehead atoms. The summed E-state index contributed by atoms with van der Waals surface area (Å²) >= 11 is 6.09. The van der Waals surface area contributed by atoms with E-state index in [2.05, 4.69) is 29.9 Å². The summed E-state index contributed by atoms with van der Waals surface area (Å²) in [4.78, 5) is 22.1. The third-order valence-corrected chi connectivity index (χ3v) is 4.98. The lowest BCUT2D eigenvalue weighted by atomic mass is 10.1. The highest BCUT2D eigenvalue weighted by Gasteiger charge is 2.11. The Bertz CT molecular complexity index is 1290. The number of ether oxygens (including phenoxy) is 2. The molecule has 2 aromatic carbocycles. The molecule has 2 aromatic heterocycles. The van der Waals surface area contributed by atoms with Crippen molar-refractivity contribution in [3.63, 3.8) is 0 Å². The van der Waals surface area contributed by atoms with Crippen molar-refractivity contribution >= 4 is 29.8 Å². The summed E-state index contributed by atoms with van der Waals surface area (Å²) in [6, 6.07) is 13.7. The van der Waals surface area contributed by atoms with E-state index in [1.54, 1.807) is 36.4 Å². The number of aromatic amines is 1. The summed E-state index contributed by atoms with van der Waals surface area (Å²) < 4.78 is 29.3. The van der Waals surface area contributed by atoms with E-state index in [1.165, 1.54) is 13.2 Å². The maximum absolute atomic E-state index is 14.0. The number of aromatic nitrogens is 4. The Labute approximate surface area is 204 Å². The molecule has 34 heavy (non-hydrogen) atoms. The maximum atomic E-state index is 14.0. The molecule has 178 valence electrons. The zero-order chi connectivity index (χ0) is 23.2. The predicted octanol–water partition coefficient (Wildman–Crippen LogP) is 4.28. The number of rotatable bonds is 9. The number of hydrogen-bond donors (Lipinski definition) is 2. The molecule has 2 heterocycles. The third-order valence-electron chi connectivity index (χ3n) is 4.62. The van der Waals surface area contributed by atoms with Crippen molar-refractivity contribution in [2.75, 3.05) is 19.0 Å². The first-order valence-electron chi connectivity index (χ1n) is 9.90. The highest BCUT2D eigenvalue weighted by atomic mass is 35.5. The molecular formula is C22H20Cl2FN5O4. The molecule has 2 N–H and O–H groups in total. The largest absolute Gasteiger partial charge is 0.486 e. The van der Waals surface area contributed by atoms with Gasteiger partial charge < -0.3 is 14.8 Å². The van der Waals surface area contributed by atoms with Gasteiger partial charge in [-0.1, -0.05) is 35.0 Å². The van der Waals surface area contributed by atoms with Crippen LogP contribution in [0.1, 0.15) is 11.4 Å². The van der Waals surface area contributed by atoms with Gasteiger partial charge in [0.25, 0.3) is 0 Å². The molecule has 0 aliphatic heterocycles. The topological polar surface area (TPSA) is 115 Å². The number of methoxy groups -OCH3 is 1. The van der Waals surface area contributed by atoms with Gasteiger partial charge in [-0.15, -0.1) is 12.4 Å². The number of H-pyrrole nitrogens is 1. The number of benzene rings is 2. The van der Waals surface area contributed by atoms with Gasteiger partial charge in [-0.05, 0) is 30.7 Å². The van der Waals surface area contributed by atoms with E-state index in [4.69, 9.17) is 21.1 Å². The molecule has 4 aromatic rings. The van der Waals surface area contributed by atoms with Crippen molar-refractivity contribution in [3.05, 3.63) is 81.3 Å². The highest BCUT2D eigenvalue weighted by Crippen LogP contribution is 2.26. The smallest absolute Gasteiger partial charge is 0.439 e. The lowest BCUT2D eigenvalue weighted by Gasteiger charge is -2.11. The second-order valence-corrected chi connectivity index (χ2v) is 7.27. The average molecular weight is 508 g/mol. The first-order valence-corrected chi connectivity index (χ1v) is 10.3. The number of anilines is 1. The molecule has 0 spiro atoms. The van der Waals surface area contributed by atoms with Crippen molar-refractivity contribution in [3.8, 4) is 23.0 Å². The van der Waals surface area contributed by atoms with Gasteiger partial charge in [-0.2, -0.15) is 9.97 Å². The first kappa shape index (κ1) is 25.0. The third kappa shape index (κ3) is 6.24. The SMILES string of the molecule is COc1nc(NCCc2c(F)cccc2Cl)cc(-c2cccc(OCc3noc(=O)[nH]3)c2)n1.Cl. The van der Waals surface area contributed by atoms with Crippen LogP contribution >= 0.6 is 24.0 Å². The molecule has 0 fully saturated rings.